The van der Waals surface area contributed by atoms with E-state index >= 15 is 14.4 Å². The molecule has 1 spiro atoms. The molecule has 3 aliphatic heterocycles. The molecule has 2 amide bonds. The zero-order valence-electron chi connectivity index (χ0n) is 32.1. The number of fused-ring (bicyclic) bond motifs is 6. The Hall–Kier alpha value is -5.37. The van der Waals surface area contributed by atoms with Crippen LogP contribution in [0.2, 0.25) is 10.0 Å². The second-order valence-electron chi connectivity index (χ2n) is 15.2. The van der Waals surface area contributed by atoms with E-state index in [0.717, 1.165) is 12.8 Å². The molecule has 10 nitrogen and oxygen atoms in total. The summed E-state index contributed by atoms with van der Waals surface area (Å²) in [6.07, 6.45) is 2.92. The molecule has 4 aliphatic rings. The molecule has 292 valence electrons. The quantitative estimate of drug-likeness (QED) is 0.142. The van der Waals surface area contributed by atoms with Crippen LogP contribution in [-0.2, 0) is 25.3 Å². The maximum Gasteiger partial charge on any atom is 0.243 e. The van der Waals surface area contributed by atoms with Gasteiger partial charge < -0.3 is 24.0 Å². The van der Waals surface area contributed by atoms with Crippen LogP contribution in [0.4, 0.5) is 11.4 Å². The van der Waals surface area contributed by atoms with Gasteiger partial charge in [0.1, 0.15) is 16.9 Å². The summed E-state index contributed by atoms with van der Waals surface area (Å²) < 4.78 is 18.0. The number of Topliss-reactive ketones (excluding diaryl/α,β-unsaturated/α-hetero) is 1. The van der Waals surface area contributed by atoms with E-state index in [1.165, 1.54) is 14.2 Å². The number of ether oxygens (including phenoxy) is 3. The first kappa shape index (κ1) is 38.5. The first-order valence-electron chi connectivity index (χ1n) is 19.3. The third kappa shape index (κ3) is 5.07. The van der Waals surface area contributed by atoms with Gasteiger partial charge in [-0.05, 0) is 102 Å². The molecule has 12 heteroatoms. The lowest BCUT2D eigenvalue weighted by Gasteiger charge is -2.48. The van der Waals surface area contributed by atoms with E-state index < -0.39 is 51.8 Å². The minimum absolute atomic E-state index is 0.202. The van der Waals surface area contributed by atoms with Crippen molar-refractivity contribution in [1.82, 2.24) is 0 Å². The SMILES string of the molecule is CCCCN1C(=O)[C@@H]([C@H]2[C@@]3(C#N)C(=N)O[C@]2(c2ccc(OC)cc2)[C@@]2(C(=O)N(CCCC)c4ccc(Cl)cc42)[C@H]3C(=O)c2ccc(OC)cc2)c2cc(Cl)ccc21. The average Bonchev–Trinajstić information content (AvgIpc) is 3.82. The largest absolute Gasteiger partial charge is 0.497 e. The molecule has 1 aliphatic carbocycles. The van der Waals surface area contributed by atoms with E-state index in [0.29, 0.717) is 75.5 Å². The van der Waals surface area contributed by atoms with Gasteiger partial charge in [0.15, 0.2) is 16.8 Å². The topological polar surface area (TPSA) is 133 Å². The normalized spacial score (nSPS) is 26.8. The summed E-state index contributed by atoms with van der Waals surface area (Å²) in [4.78, 5) is 50.7. The standard InChI is InChI=1S/C45H42Cl2N4O6/c1-5-7-21-50-34-19-13-28(46)23-32(34)36(40(50)53)38-43(25-48)39(37(52)26-9-15-30(55-3)16-10-26)44(45(38,57-41(43)49)27-11-17-31(56-4)18-12-27)33-24-29(47)14-20-35(33)51(42(44)54)22-8-6-2/h9-20,23-24,36,38-39,49H,5-8,21-22H2,1-4H3/t36-,38+,39+,43-,44-,45+/m1/s1. The molecule has 1 saturated heterocycles. The lowest BCUT2D eigenvalue weighted by molar-refractivity contribution is -0.139. The van der Waals surface area contributed by atoms with Crippen LogP contribution >= 0.6 is 23.2 Å². The van der Waals surface area contributed by atoms with Gasteiger partial charge in [0.2, 0.25) is 17.7 Å². The highest BCUT2D eigenvalue weighted by molar-refractivity contribution is 6.31. The zero-order valence-corrected chi connectivity index (χ0v) is 33.6. The second kappa shape index (κ2) is 14.2. The Bertz CT molecular complexity index is 2360. The van der Waals surface area contributed by atoms with E-state index in [1.807, 2.05) is 13.8 Å². The number of nitrogens with zero attached hydrogens (tertiary/aromatic N) is 3. The maximum atomic E-state index is 16.2. The molecule has 2 bridgehead atoms. The molecule has 6 atom stereocenters. The van der Waals surface area contributed by atoms with Gasteiger partial charge in [-0.1, -0.05) is 62.0 Å². The Morgan fingerprint density at radius 2 is 1.42 bits per heavy atom. The molecule has 0 unspecified atom stereocenters. The van der Waals surface area contributed by atoms with Crippen molar-refractivity contribution in [2.45, 2.75) is 56.5 Å². The molecule has 0 aromatic heterocycles. The minimum atomic E-state index is -2.16. The molecule has 4 aromatic rings. The van der Waals surface area contributed by atoms with Crippen LogP contribution < -0.4 is 19.3 Å². The van der Waals surface area contributed by atoms with Crippen LogP contribution in [0.3, 0.4) is 0 Å². The lowest BCUT2D eigenvalue weighted by atomic mass is 9.57. The number of halogens is 2. The van der Waals surface area contributed by atoms with Crippen molar-refractivity contribution in [3.63, 3.8) is 0 Å². The second-order valence-corrected chi connectivity index (χ2v) is 16.1. The average molecular weight is 806 g/mol. The third-order valence-electron chi connectivity index (χ3n) is 12.6. The summed E-state index contributed by atoms with van der Waals surface area (Å²) in [6.45, 7) is 4.76. The number of methoxy groups -OCH3 is 2. The highest BCUT2D eigenvalue weighted by Crippen LogP contribution is 2.79. The predicted octanol–water partition coefficient (Wildman–Crippen LogP) is 8.87. The molecule has 2 fully saturated rings. The van der Waals surface area contributed by atoms with Crippen molar-refractivity contribution >= 4 is 58.1 Å². The number of hydrogen-bond donors (Lipinski definition) is 1. The Balaban J connectivity index is 1.54. The van der Waals surface area contributed by atoms with E-state index in [1.54, 1.807) is 94.7 Å². The smallest absolute Gasteiger partial charge is 0.243 e. The lowest BCUT2D eigenvalue weighted by Crippen LogP contribution is -2.63. The summed E-state index contributed by atoms with van der Waals surface area (Å²) in [5.74, 6) is -4.84. The molecule has 1 saturated carbocycles. The summed E-state index contributed by atoms with van der Waals surface area (Å²) >= 11 is 13.6. The number of carbonyl (C=O) groups is 3. The van der Waals surface area contributed by atoms with E-state index in [2.05, 4.69) is 6.07 Å². The maximum absolute atomic E-state index is 16.2. The number of anilines is 2. The Labute approximate surface area is 341 Å². The zero-order chi connectivity index (χ0) is 40.4. The van der Waals surface area contributed by atoms with Crippen LogP contribution in [0, 0.1) is 34.0 Å². The summed E-state index contributed by atoms with van der Waals surface area (Å²) in [5, 5.41) is 22.4. The van der Waals surface area contributed by atoms with Gasteiger partial charge in [-0.15, -0.1) is 0 Å². The van der Waals surface area contributed by atoms with Crippen molar-refractivity contribution < 1.29 is 28.6 Å². The number of hydrogen-bond acceptors (Lipinski definition) is 8. The predicted molar refractivity (Wildman–Crippen MR) is 218 cm³/mol. The fourth-order valence-electron chi connectivity index (χ4n) is 10.3. The molecule has 57 heavy (non-hydrogen) atoms. The number of rotatable bonds is 12. The van der Waals surface area contributed by atoms with E-state index in [-0.39, 0.29) is 11.5 Å². The van der Waals surface area contributed by atoms with Crippen molar-refractivity contribution in [2.24, 2.45) is 17.3 Å². The van der Waals surface area contributed by atoms with Crippen LogP contribution in [0.5, 0.6) is 11.5 Å². The highest BCUT2D eigenvalue weighted by atomic mass is 35.5. The minimum Gasteiger partial charge on any atom is -0.497 e. The summed E-state index contributed by atoms with van der Waals surface area (Å²) in [7, 11) is 3.05. The van der Waals surface area contributed by atoms with Crippen molar-refractivity contribution in [3.05, 3.63) is 117 Å². The number of nitriles is 1. The number of carbonyl (C=O) groups excluding carboxylic acids is 3. The number of ketones is 1. The number of unbranched alkanes of at least 4 members (excludes halogenated alkanes) is 2. The molecule has 4 aromatic carbocycles. The van der Waals surface area contributed by atoms with Crippen LogP contribution in [-0.4, -0.2) is 50.8 Å². The Kier molecular flexibility index (Phi) is 9.61. The van der Waals surface area contributed by atoms with Crippen molar-refractivity contribution in [3.8, 4) is 17.6 Å². The molecule has 0 radical (unpaired) electrons. The number of benzene rings is 4. The summed E-state index contributed by atoms with van der Waals surface area (Å²) in [5.41, 5.74) is -3.47. The van der Waals surface area contributed by atoms with E-state index in [9.17, 15) is 10.7 Å². The van der Waals surface area contributed by atoms with Gasteiger partial charge >= 0.3 is 0 Å². The molecule has 3 heterocycles. The van der Waals surface area contributed by atoms with Crippen molar-refractivity contribution in [2.75, 3.05) is 37.1 Å². The molecule has 1 N–H and O–H groups in total. The molecule has 8 rings (SSSR count). The number of nitrogens with one attached hydrogen (secondary N) is 1. The highest BCUT2D eigenvalue weighted by Gasteiger charge is 2.91. The van der Waals surface area contributed by atoms with Gasteiger partial charge in [0.05, 0.1) is 32.1 Å². The first-order valence-corrected chi connectivity index (χ1v) is 20.0. The Morgan fingerprint density at radius 3 is 2.02 bits per heavy atom. The monoisotopic (exact) mass is 804 g/mol. The third-order valence-corrected chi connectivity index (χ3v) is 13.1. The van der Waals surface area contributed by atoms with Gasteiger partial charge in [0.25, 0.3) is 0 Å². The number of amides is 2. The summed E-state index contributed by atoms with van der Waals surface area (Å²) in [6, 6.07) is 26.3. The van der Waals surface area contributed by atoms with Crippen LogP contribution in [0.1, 0.15) is 72.5 Å². The van der Waals surface area contributed by atoms with Crippen molar-refractivity contribution in [1.29, 1.82) is 10.7 Å². The Morgan fingerprint density at radius 1 is 0.842 bits per heavy atom. The van der Waals surface area contributed by atoms with E-state index in [4.69, 9.17) is 37.4 Å². The van der Waals surface area contributed by atoms with Crippen LogP contribution in [0.15, 0.2) is 84.9 Å². The van der Waals surface area contributed by atoms with Gasteiger partial charge in [-0.3, -0.25) is 19.8 Å². The first-order chi connectivity index (χ1) is 27.5. The van der Waals surface area contributed by atoms with Gasteiger partial charge in [0, 0.05) is 46.0 Å². The van der Waals surface area contributed by atoms with Gasteiger partial charge in [-0.2, -0.15) is 5.26 Å². The fourth-order valence-corrected chi connectivity index (χ4v) is 10.6. The molecular formula is C45H42Cl2N4O6. The molecular weight excluding hydrogens is 763 g/mol. The van der Waals surface area contributed by atoms with Crippen LogP contribution in [0.25, 0.3) is 0 Å². The fraction of sp³-hybridized carbons (Fsp3) is 0.356. The van der Waals surface area contributed by atoms with Gasteiger partial charge in [-0.25, -0.2) is 0 Å².